The van der Waals surface area contributed by atoms with Crippen molar-refractivity contribution in [3.05, 3.63) is 24.0 Å². The van der Waals surface area contributed by atoms with Gasteiger partial charge in [-0.15, -0.1) is 0 Å². The third-order valence-corrected chi connectivity index (χ3v) is 4.32. The molecule has 3 unspecified atom stereocenters. The van der Waals surface area contributed by atoms with Crippen LogP contribution in [0.15, 0.2) is 18.2 Å². The van der Waals surface area contributed by atoms with Gasteiger partial charge in [0.05, 0.1) is 5.69 Å². The Morgan fingerprint density at radius 2 is 2.17 bits per heavy atom. The average molecular weight is 248 g/mol. The molecule has 0 radical (unpaired) electrons. The lowest BCUT2D eigenvalue weighted by molar-refractivity contribution is -0.121. The zero-order valence-electron chi connectivity index (χ0n) is 10.2. The Morgan fingerprint density at radius 3 is 2.83 bits per heavy atom. The van der Waals surface area contributed by atoms with Crippen LogP contribution in [0.3, 0.4) is 0 Å². The zero-order valence-corrected chi connectivity index (χ0v) is 10.2. The fraction of sp³-hybridized carbons (Fsp3) is 0.500. The minimum Gasteiger partial charge on any atom is -0.399 e. The summed E-state index contributed by atoms with van der Waals surface area (Å²) < 4.78 is 13.5. The van der Waals surface area contributed by atoms with Crippen LogP contribution in [0.4, 0.5) is 15.8 Å². The molecule has 96 valence electrons. The van der Waals surface area contributed by atoms with E-state index in [2.05, 4.69) is 5.32 Å². The molecular formula is C14H17FN2O. The van der Waals surface area contributed by atoms with Crippen molar-refractivity contribution in [1.82, 2.24) is 0 Å². The van der Waals surface area contributed by atoms with Crippen molar-refractivity contribution in [3.63, 3.8) is 0 Å². The quantitative estimate of drug-likeness (QED) is 0.791. The van der Waals surface area contributed by atoms with E-state index < -0.39 is 5.82 Å². The molecule has 2 saturated carbocycles. The highest BCUT2D eigenvalue weighted by atomic mass is 19.1. The van der Waals surface area contributed by atoms with Gasteiger partial charge in [-0.25, -0.2) is 4.39 Å². The summed E-state index contributed by atoms with van der Waals surface area (Å²) in [5.74, 6) is 0.785. The first-order valence-corrected chi connectivity index (χ1v) is 6.49. The van der Waals surface area contributed by atoms with Crippen molar-refractivity contribution in [2.75, 3.05) is 11.1 Å². The molecule has 1 aromatic rings. The number of carbonyl (C=O) groups excluding carboxylic acids is 1. The van der Waals surface area contributed by atoms with E-state index in [0.717, 1.165) is 19.3 Å². The van der Waals surface area contributed by atoms with Gasteiger partial charge in [-0.05, 0) is 49.3 Å². The van der Waals surface area contributed by atoms with Crippen molar-refractivity contribution in [2.45, 2.75) is 25.7 Å². The molecule has 3 N–H and O–H groups in total. The number of carbonyl (C=O) groups is 1. The molecule has 18 heavy (non-hydrogen) atoms. The number of nitrogens with two attached hydrogens (primary N) is 1. The van der Waals surface area contributed by atoms with E-state index in [1.165, 1.54) is 24.6 Å². The molecular weight excluding hydrogens is 231 g/mol. The smallest absolute Gasteiger partial charge is 0.227 e. The van der Waals surface area contributed by atoms with Gasteiger partial charge >= 0.3 is 0 Å². The van der Waals surface area contributed by atoms with Gasteiger partial charge in [0.15, 0.2) is 0 Å². The second-order valence-corrected chi connectivity index (χ2v) is 5.51. The van der Waals surface area contributed by atoms with Gasteiger partial charge in [0.2, 0.25) is 5.91 Å². The highest BCUT2D eigenvalue weighted by Gasteiger charge is 2.43. The van der Waals surface area contributed by atoms with E-state index in [0.29, 0.717) is 17.5 Å². The number of benzene rings is 1. The highest BCUT2D eigenvalue weighted by molar-refractivity contribution is 5.93. The summed E-state index contributed by atoms with van der Waals surface area (Å²) in [7, 11) is 0. The maximum absolute atomic E-state index is 13.5. The molecule has 0 saturated heterocycles. The maximum atomic E-state index is 13.5. The van der Waals surface area contributed by atoms with Crippen LogP contribution in [0.5, 0.6) is 0 Å². The molecule has 2 aliphatic rings. The third kappa shape index (κ3) is 1.96. The van der Waals surface area contributed by atoms with Crippen molar-refractivity contribution in [1.29, 1.82) is 0 Å². The van der Waals surface area contributed by atoms with Gasteiger partial charge < -0.3 is 11.1 Å². The zero-order chi connectivity index (χ0) is 12.7. The van der Waals surface area contributed by atoms with Crippen LogP contribution in [-0.2, 0) is 4.79 Å². The monoisotopic (exact) mass is 248 g/mol. The molecule has 3 nitrogen and oxygen atoms in total. The van der Waals surface area contributed by atoms with E-state index in [-0.39, 0.29) is 17.5 Å². The van der Waals surface area contributed by atoms with Crippen LogP contribution >= 0.6 is 0 Å². The van der Waals surface area contributed by atoms with E-state index in [1.54, 1.807) is 0 Å². The largest absolute Gasteiger partial charge is 0.399 e. The average Bonchev–Trinajstić information content (AvgIpc) is 2.96. The van der Waals surface area contributed by atoms with Crippen LogP contribution in [0, 0.1) is 23.6 Å². The van der Waals surface area contributed by atoms with E-state index in [1.807, 2.05) is 0 Å². The molecule has 3 atom stereocenters. The van der Waals surface area contributed by atoms with Gasteiger partial charge in [0, 0.05) is 11.6 Å². The number of hydrogen-bond donors (Lipinski definition) is 2. The van der Waals surface area contributed by atoms with E-state index in [9.17, 15) is 9.18 Å². The van der Waals surface area contributed by atoms with Crippen LogP contribution in [-0.4, -0.2) is 5.91 Å². The minimum absolute atomic E-state index is 0.0494. The molecule has 0 aliphatic heterocycles. The van der Waals surface area contributed by atoms with Crippen molar-refractivity contribution in [3.8, 4) is 0 Å². The summed E-state index contributed by atoms with van der Waals surface area (Å²) in [5, 5.41) is 2.68. The van der Waals surface area contributed by atoms with Crippen molar-refractivity contribution < 1.29 is 9.18 Å². The first-order chi connectivity index (χ1) is 8.63. The van der Waals surface area contributed by atoms with Crippen LogP contribution in [0.1, 0.15) is 25.7 Å². The first-order valence-electron chi connectivity index (χ1n) is 6.49. The summed E-state index contributed by atoms with van der Waals surface area (Å²) in [6.07, 6.45) is 4.52. The van der Waals surface area contributed by atoms with E-state index in [4.69, 9.17) is 5.73 Å². The van der Waals surface area contributed by atoms with Gasteiger partial charge in [-0.2, -0.15) is 0 Å². The molecule has 0 heterocycles. The molecule has 0 spiro atoms. The molecule has 0 aromatic heterocycles. The second kappa shape index (κ2) is 4.26. The SMILES string of the molecule is Nc1ccc(F)c(NC(=O)C2CC3CCC2C3)c1. The standard InChI is InChI=1S/C14H17FN2O/c15-12-4-3-10(16)7-13(12)17-14(18)11-6-8-1-2-9(11)5-8/h3-4,7-9,11H,1-2,5-6,16H2,(H,17,18). The van der Waals surface area contributed by atoms with E-state index >= 15 is 0 Å². The van der Waals surface area contributed by atoms with Crippen LogP contribution in [0.2, 0.25) is 0 Å². The number of rotatable bonds is 2. The fourth-order valence-corrected chi connectivity index (χ4v) is 3.43. The summed E-state index contributed by atoms with van der Waals surface area (Å²) in [4.78, 5) is 12.1. The summed E-state index contributed by atoms with van der Waals surface area (Å²) >= 11 is 0. The number of nitrogens with one attached hydrogen (secondary N) is 1. The Balaban J connectivity index is 1.72. The Kier molecular flexibility index (Phi) is 2.73. The predicted octanol–water partition coefficient (Wildman–Crippen LogP) is 2.78. The maximum Gasteiger partial charge on any atom is 0.227 e. The molecule has 2 aliphatic carbocycles. The molecule has 4 heteroatoms. The van der Waals surface area contributed by atoms with Crippen LogP contribution in [0.25, 0.3) is 0 Å². The fourth-order valence-electron chi connectivity index (χ4n) is 3.43. The highest BCUT2D eigenvalue weighted by Crippen LogP contribution is 2.48. The molecule has 2 bridgehead atoms. The van der Waals surface area contributed by atoms with Gasteiger partial charge in [0.25, 0.3) is 0 Å². The lowest BCUT2D eigenvalue weighted by Crippen LogP contribution is -2.27. The summed E-state index contributed by atoms with van der Waals surface area (Å²) in [6.45, 7) is 0. The van der Waals surface area contributed by atoms with Gasteiger partial charge in [-0.3, -0.25) is 4.79 Å². The topological polar surface area (TPSA) is 55.1 Å². The molecule has 1 amide bonds. The number of hydrogen-bond acceptors (Lipinski definition) is 2. The minimum atomic E-state index is -0.430. The first kappa shape index (κ1) is 11.5. The van der Waals surface area contributed by atoms with Gasteiger partial charge in [-0.1, -0.05) is 6.42 Å². The number of nitrogen functional groups attached to an aromatic ring is 1. The molecule has 2 fully saturated rings. The Labute approximate surface area is 106 Å². The normalized spacial score (nSPS) is 29.5. The lowest BCUT2D eigenvalue weighted by Gasteiger charge is -2.21. The predicted molar refractivity (Wildman–Crippen MR) is 68.4 cm³/mol. The number of amides is 1. The Bertz CT molecular complexity index is 489. The number of fused-ring (bicyclic) bond motifs is 2. The Morgan fingerprint density at radius 1 is 1.33 bits per heavy atom. The van der Waals surface area contributed by atoms with Gasteiger partial charge in [0.1, 0.15) is 5.82 Å². The third-order valence-electron chi connectivity index (χ3n) is 4.32. The number of anilines is 2. The van der Waals surface area contributed by atoms with Crippen LogP contribution < -0.4 is 11.1 Å². The summed E-state index contributed by atoms with van der Waals surface area (Å²) in [5.41, 5.74) is 6.25. The lowest BCUT2D eigenvalue weighted by atomic mass is 9.88. The number of halogens is 1. The molecule has 1 aromatic carbocycles. The Hall–Kier alpha value is -1.58. The summed E-state index contributed by atoms with van der Waals surface area (Å²) in [6, 6.07) is 4.24. The molecule has 3 rings (SSSR count). The second-order valence-electron chi connectivity index (χ2n) is 5.51. The van der Waals surface area contributed by atoms with Crippen molar-refractivity contribution in [2.24, 2.45) is 17.8 Å². The van der Waals surface area contributed by atoms with Crippen molar-refractivity contribution >= 4 is 17.3 Å².